The van der Waals surface area contributed by atoms with Gasteiger partial charge in [0.2, 0.25) is 0 Å². The molecule has 116 valence electrons. The van der Waals surface area contributed by atoms with Crippen LogP contribution in [0.25, 0.3) is 10.1 Å². The van der Waals surface area contributed by atoms with Gasteiger partial charge in [-0.25, -0.2) is 0 Å². The van der Waals surface area contributed by atoms with Gasteiger partial charge in [0.25, 0.3) is 0 Å². The molecule has 3 rings (SSSR count). The number of aryl methyl sites for hydroxylation is 1. The molecule has 4 heteroatoms. The molecule has 0 fully saturated rings. The molecule has 0 radical (unpaired) electrons. The van der Waals surface area contributed by atoms with E-state index in [1.165, 1.54) is 26.1 Å². The molecule has 0 N–H and O–H groups in total. The Balaban J connectivity index is 2.06. The molecule has 1 aliphatic heterocycles. The van der Waals surface area contributed by atoms with Gasteiger partial charge >= 0.3 is 0 Å². The van der Waals surface area contributed by atoms with Crippen LogP contribution in [0.2, 0.25) is 5.02 Å². The summed E-state index contributed by atoms with van der Waals surface area (Å²) in [7, 11) is 2.17. The highest BCUT2D eigenvalue weighted by atomic mass is 35.5. The van der Waals surface area contributed by atoms with E-state index < -0.39 is 0 Å². The van der Waals surface area contributed by atoms with Gasteiger partial charge in [0.05, 0.1) is 11.5 Å². The molecule has 0 unspecified atom stereocenters. The summed E-state index contributed by atoms with van der Waals surface area (Å²) in [6.07, 6.45) is 2.88. The van der Waals surface area contributed by atoms with Gasteiger partial charge in [0.15, 0.2) is 0 Å². The van der Waals surface area contributed by atoms with Gasteiger partial charge in [-0.1, -0.05) is 11.6 Å². The van der Waals surface area contributed by atoms with Crippen LogP contribution in [-0.2, 0) is 19.4 Å². The van der Waals surface area contributed by atoms with Crippen molar-refractivity contribution < 1.29 is 0 Å². The predicted molar refractivity (Wildman–Crippen MR) is 94.6 cm³/mol. The Morgan fingerprint density at radius 1 is 1.36 bits per heavy atom. The highest BCUT2D eigenvalue weighted by Gasteiger charge is 2.23. The number of halogens is 1. The Bertz CT molecular complexity index is 755. The van der Waals surface area contributed by atoms with Crippen LogP contribution in [0.3, 0.4) is 0 Å². The maximum absolute atomic E-state index is 9.24. The predicted octanol–water partition coefficient (Wildman–Crippen LogP) is 5.02. The normalized spacial score (nSPS) is 15.8. The van der Waals surface area contributed by atoms with E-state index in [-0.39, 0.29) is 5.41 Å². The Morgan fingerprint density at radius 2 is 2.14 bits per heavy atom. The Labute approximate surface area is 141 Å². The van der Waals surface area contributed by atoms with Crippen molar-refractivity contribution in [2.75, 3.05) is 13.6 Å². The number of benzene rings is 1. The minimum atomic E-state index is -0.264. The Hall–Kier alpha value is -1.08. The van der Waals surface area contributed by atoms with Crippen LogP contribution in [0.5, 0.6) is 0 Å². The third-order valence-electron chi connectivity index (χ3n) is 4.54. The molecule has 0 amide bonds. The maximum atomic E-state index is 9.24. The van der Waals surface area contributed by atoms with Gasteiger partial charge in [0.1, 0.15) is 0 Å². The average molecular weight is 333 g/mol. The van der Waals surface area contributed by atoms with Gasteiger partial charge in [-0.3, -0.25) is 0 Å². The van der Waals surface area contributed by atoms with Crippen LogP contribution >= 0.6 is 22.9 Å². The topological polar surface area (TPSA) is 27.0 Å². The smallest absolute Gasteiger partial charge is 0.0684 e. The quantitative estimate of drug-likeness (QED) is 0.788. The number of nitrogens with zero attached hydrogens (tertiary/aromatic N) is 2. The first-order valence-corrected chi connectivity index (χ1v) is 8.92. The zero-order valence-electron chi connectivity index (χ0n) is 13.4. The lowest BCUT2D eigenvalue weighted by Gasteiger charge is -2.16. The number of nitriles is 1. The molecule has 2 nitrogen and oxygen atoms in total. The number of likely N-dealkylation sites (N-methyl/N-ethyl adjacent to an activating group) is 1. The van der Waals surface area contributed by atoms with E-state index in [4.69, 9.17) is 11.6 Å². The SMILES string of the molecule is CN1CCc2c(Cl)ccc3sc(CCC(C)(C)C#N)c(c23)C1. The standard InChI is InChI=1S/C18H21ClN2S/c1-18(2,11-20)8-6-15-13-10-21(3)9-7-12-14(19)4-5-16(22-15)17(12)13/h4-5H,6-10H2,1-3H3. The second-order valence-electron chi connectivity index (χ2n) is 6.89. The minimum absolute atomic E-state index is 0.264. The fourth-order valence-electron chi connectivity index (χ4n) is 3.10. The number of rotatable bonds is 3. The Kier molecular flexibility index (Phi) is 4.20. The van der Waals surface area contributed by atoms with Gasteiger partial charge in [-0.05, 0) is 63.4 Å². The summed E-state index contributed by atoms with van der Waals surface area (Å²) < 4.78 is 1.34. The summed E-state index contributed by atoms with van der Waals surface area (Å²) in [4.78, 5) is 3.80. The fourth-order valence-corrected chi connectivity index (χ4v) is 4.59. The molecule has 0 aliphatic carbocycles. The van der Waals surface area contributed by atoms with Crippen molar-refractivity contribution in [1.29, 1.82) is 5.26 Å². The molecular weight excluding hydrogens is 312 g/mol. The van der Waals surface area contributed by atoms with Gasteiger partial charge in [-0.15, -0.1) is 11.3 Å². The molecule has 0 spiro atoms. The summed E-state index contributed by atoms with van der Waals surface area (Å²) in [5.41, 5.74) is 2.48. The summed E-state index contributed by atoms with van der Waals surface area (Å²) in [6.45, 7) is 6.07. The first-order valence-electron chi connectivity index (χ1n) is 7.73. The average Bonchev–Trinajstić information content (AvgIpc) is 2.71. The lowest BCUT2D eigenvalue weighted by atomic mass is 9.89. The van der Waals surface area contributed by atoms with Gasteiger partial charge < -0.3 is 4.90 Å². The largest absolute Gasteiger partial charge is 0.302 e. The van der Waals surface area contributed by atoms with Crippen molar-refractivity contribution >= 4 is 33.0 Å². The lowest BCUT2D eigenvalue weighted by molar-refractivity contribution is 0.335. The van der Waals surface area contributed by atoms with Crippen molar-refractivity contribution in [3.8, 4) is 6.07 Å². The first kappa shape index (κ1) is 15.8. The molecule has 0 atom stereocenters. The molecule has 2 aromatic rings. The molecular formula is C18H21ClN2S. The summed E-state index contributed by atoms with van der Waals surface area (Å²) in [5, 5.41) is 11.5. The van der Waals surface area contributed by atoms with Crippen LogP contribution in [0.15, 0.2) is 12.1 Å². The molecule has 0 saturated heterocycles. The Morgan fingerprint density at radius 3 is 2.86 bits per heavy atom. The fraction of sp³-hybridized carbons (Fsp3) is 0.500. The third-order valence-corrected chi connectivity index (χ3v) is 6.15. The van der Waals surface area contributed by atoms with E-state index in [9.17, 15) is 5.26 Å². The second kappa shape index (κ2) is 5.85. The zero-order chi connectivity index (χ0) is 15.9. The van der Waals surface area contributed by atoms with E-state index in [1.54, 1.807) is 0 Å². The molecule has 0 bridgehead atoms. The minimum Gasteiger partial charge on any atom is -0.302 e. The number of thiophene rings is 1. The zero-order valence-corrected chi connectivity index (χ0v) is 14.9. The van der Waals surface area contributed by atoms with Crippen LogP contribution < -0.4 is 0 Å². The molecule has 0 saturated carbocycles. The monoisotopic (exact) mass is 332 g/mol. The molecule has 1 aliphatic rings. The molecule has 22 heavy (non-hydrogen) atoms. The molecule has 2 heterocycles. The highest BCUT2D eigenvalue weighted by molar-refractivity contribution is 7.19. The summed E-state index contributed by atoms with van der Waals surface area (Å²) in [6, 6.07) is 6.60. The number of hydrogen-bond donors (Lipinski definition) is 0. The molecule has 1 aromatic carbocycles. The van der Waals surface area contributed by atoms with Crippen molar-refractivity contribution in [2.24, 2.45) is 5.41 Å². The van der Waals surface area contributed by atoms with E-state index >= 15 is 0 Å². The van der Waals surface area contributed by atoms with E-state index in [0.717, 1.165) is 37.4 Å². The summed E-state index contributed by atoms with van der Waals surface area (Å²) in [5.74, 6) is 0. The lowest BCUT2D eigenvalue weighted by Crippen LogP contribution is -2.19. The van der Waals surface area contributed by atoms with E-state index in [2.05, 4.69) is 24.1 Å². The van der Waals surface area contributed by atoms with Crippen molar-refractivity contribution in [3.05, 3.63) is 33.2 Å². The number of hydrogen-bond acceptors (Lipinski definition) is 3. The van der Waals surface area contributed by atoms with Gasteiger partial charge in [0, 0.05) is 33.1 Å². The van der Waals surface area contributed by atoms with Gasteiger partial charge in [-0.2, -0.15) is 5.26 Å². The van der Waals surface area contributed by atoms with Crippen LogP contribution in [0.4, 0.5) is 0 Å². The van der Waals surface area contributed by atoms with Crippen molar-refractivity contribution in [3.63, 3.8) is 0 Å². The van der Waals surface area contributed by atoms with Crippen LogP contribution in [-0.4, -0.2) is 18.5 Å². The third kappa shape index (κ3) is 2.88. The summed E-state index contributed by atoms with van der Waals surface area (Å²) >= 11 is 8.33. The van der Waals surface area contributed by atoms with E-state index in [0.29, 0.717) is 0 Å². The van der Waals surface area contributed by atoms with Crippen LogP contribution in [0, 0.1) is 16.7 Å². The van der Waals surface area contributed by atoms with E-state index in [1.807, 2.05) is 31.3 Å². The van der Waals surface area contributed by atoms with Crippen molar-refractivity contribution in [2.45, 2.75) is 39.7 Å². The second-order valence-corrected chi connectivity index (χ2v) is 8.43. The highest BCUT2D eigenvalue weighted by Crippen LogP contribution is 2.40. The van der Waals surface area contributed by atoms with Crippen LogP contribution in [0.1, 0.15) is 36.3 Å². The maximum Gasteiger partial charge on any atom is 0.0684 e. The first-order chi connectivity index (χ1) is 10.4. The molecule has 1 aromatic heterocycles. The van der Waals surface area contributed by atoms with Crippen molar-refractivity contribution in [1.82, 2.24) is 4.90 Å².